The van der Waals surface area contributed by atoms with Crippen molar-refractivity contribution in [1.29, 1.82) is 0 Å². The lowest BCUT2D eigenvalue weighted by molar-refractivity contribution is -0.140. The Balaban J connectivity index is 2.52. The van der Waals surface area contributed by atoms with E-state index < -0.39 is 5.82 Å². The predicted molar refractivity (Wildman–Crippen MR) is 61.6 cm³/mol. The van der Waals surface area contributed by atoms with E-state index in [0.29, 0.717) is 6.42 Å². The highest BCUT2D eigenvalue weighted by atomic mass is 35.5. The Morgan fingerprint density at radius 2 is 2.06 bits per heavy atom. The minimum atomic E-state index is -0.620. The van der Waals surface area contributed by atoms with Crippen molar-refractivity contribution in [3.05, 3.63) is 34.6 Å². The summed E-state index contributed by atoms with van der Waals surface area (Å²) in [5.41, 5.74) is 0.261. The number of hydrogen-bond donors (Lipinski definition) is 0. The normalized spacial score (nSPS) is 10.1. The fraction of sp³-hybridized carbons (Fsp3) is 0.333. The van der Waals surface area contributed by atoms with Gasteiger partial charge in [-0.15, -0.1) is 0 Å². The molecule has 92 valence electrons. The van der Waals surface area contributed by atoms with Crippen molar-refractivity contribution in [2.45, 2.75) is 19.3 Å². The first-order valence-electron chi connectivity index (χ1n) is 5.09. The number of carbonyl (C=O) groups excluding carboxylic acids is 2. The fourth-order valence-corrected chi connectivity index (χ4v) is 1.43. The summed E-state index contributed by atoms with van der Waals surface area (Å²) in [6, 6.07) is 3.90. The van der Waals surface area contributed by atoms with Gasteiger partial charge in [0.25, 0.3) is 0 Å². The zero-order valence-electron chi connectivity index (χ0n) is 9.33. The summed E-state index contributed by atoms with van der Waals surface area (Å²) >= 11 is 5.50. The Morgan fingerprint density at radius 1 is 1.35 bits per heavy atom. The third-order valence-electron chi connectivity index (χ3n) is 2.25. The summed E-state index contributed by atoms with van der Waals surface area (Å²) in [7, 11) is 1.29. The number of methoxy groups -OCH3 is 1. The van der Waals surface area contributed by atoms with Crippen LogP contribution in [0.5, 0.6) is 0 Å². The first kappa shape index (κ1) is 13.6. The van der Waals surface area contributed by atoms with Gasteiger partial charge < -0.3 is 4.74 Å². The van der Waals surface area contributed by atoms with E-state index in [1.807, 2.05) is 0 Å². The molecule has 3 nitrogen and oxygen atoms in total. The quantitative estimate of drug-likeness (QED) is 0.602. The summed E-state index contributed by atoms with van der Waals surface area (Å²) in [5.74, 6) is -1.20. The molecule has 0 radical (unpaired) electrons. The molecule has 0 aliphatic carbocycles. The van der Waals surface area contributed by atoms with Gasteiger partial charge in [-0.1, -0.05) is 11.6 Å². The monoisotopic (exact) mass is 258 g/mol. The molecule has 0 saturated carbocycles. The van der Waals surface area contributed by atoms with Crippen LogP contribution in [0.3, 0.4) is 0 Å². The van der Waals surface area contributed by atoms with Crippen LogP contribution < -0.4 is 0 Å². The molecule has 0 amide bonds. The Morgan fingerprint density at radius 3 is 2.65 bits per heavy atom. The second-order valence-electron chi connectivity index (χ2n) is 3.48. The lowest BCUT2D eigenvalue weighted by Gasteiger charge is -2.02. The van der Waals surface area contributed by atoms with Crippen LogP contribution in [0.2, 0.25) is 5.02 Å². The van der Waals surface area contributed by atoms with Crippen molar-refractivity contribution >= 4 is 23.4 Å². The zero-order valence-corrected chi connectivity index (χ0v) is 10.1. The Kier molecular flexibility index (Phi) is 5.10. The maximum absolute atomic E-state index is 13.1. The van der Waals surface area contributed by atoms with Gasteiger partial charge in [0, 0.05) is 18.4 Å². The molecule has 0 spiro atoms. The summed E-state index contributed by atoms with van der Waals surface area (Å²) in [6.45, 7) is 0. The topological polar surface area (TPSA) is 43.4 Å². The molecule has 0 heterocycles. The maximum atomic E-state index is 13.1. The second kappa shape index (κ2) is 6.35. The molecule has 0 atom stereocenters. The molecule has 1 rings (SSSR count). The number of ether oxygens (including phenoxy) is 1. The van der Waals surface area contributed by atoms with Gasteiger partial charge in [0.05, 0.1) is 12.1 Å². The van der Waals surface area contributed by atoms with Crippen LogP contribution in [-0.2, 0) is 9.53 Å². The molecule has 0 unspecified atom stereocenters. The van der Waals surface area contributed by atoms with Crippen LogP contribution in [0.25, 0.3) is 0 Å². The van der Waals surface area contributed by atoms with Gasteiger partial charge in [-0.2, -0.15) is 0 Å². The highest BCUT2D eigenvalue weighted by Gasteiger charge is 2.10. The standard InChI is InChI=1S/C12H12ClFO3/c1-17-12(16)4-2-3-11(15)8-5-6-9(13)10(14)7-8/h5-7H,2-4H2,1H3. The van der Waals surface area contributed by atoms with Gasteiger partial charge >= 0.3 is 5.97 Å². The number of hydrogen-bond acceptors (Lipinski definition) is 3. The number of halogens is 2. The first-order valence-corrected chi connectivity index (χ1v) is 5.47. The molecule has 17 heavy (non-hydrogen) atoms. The van der Waals surface area contributed by atoms with Gasteiger partial charge in [-0.05, 0) is 24.6 Å². The van der Waals surface area contributed by atoms with Crippen molar-refractivity contribution in [2.75, 3.05) is 7.11 Å². The smallest absolute Gasteiger partial charge is 0.305 e. The summed E-state index contributed by atoms with van der Waals surface area (Å²) in [4.78, 5) is 22.4. The van der Waals surface area contributed by atoms with E-state index in [0.717, 1.165) is 6.07 Å². The van der Waals surface area contributed by atoms with Gasteiger partial charge in [0.2, 0.25) is 0 Å². The lowest BCUT2D eigenvalue weighted by Crippen LogP contribution is -2.04. The third-order valence-corrected chi connectivity index (χ3v) is 2.56. The van der Waals surface area contributed by atoms with Crippen molar-refractivity contribution in [2.24, 2.45) is 0 Å². The summed E-state index contributed by atoms with van der Waals surface area (Å²) < 4.78 is 17.5. The first-order chi connectivity index (χ1) is 8.04. The van der Waals surface area contributed by atoms with Crippen LogP contribution in [0, 0.1) is 5.82 Å². The highest BCUT2D eigenvalue weighted by molar-refractivity contribution is 6.30. The van der Waals surface area contributed by atoms with Gasteiger partial charge in [-0.25, -0.2) is 4.39 Å². The van der Waals surface area contributed by atoms with Crippen LogP contribution in [-0.4, -0.2) is 18.9 Å². The summed E-state index contributed by atoms with van der Waals surface area (Å²) in [5, 5.41) is -0.0175. The van der Waals surface area contributed by atoms with E-state index in [-0.39, 0.29) is 35.2 Å². The van der Waals surface area contributed by atoms with Gasteiger partial charge in [0.1, 0.15) is 5.82 Å². The highest BCUT2D eigenvalue weighted by Crippen LogP contribution is 2.17. The molecule has 0 bridgehead atoms. The molecule has 0 N–H and O–H groups in total. The van der Waals surface area contributed by atoms with Crippen LogP contribution in [0.15, 0.2) is 18.2 Å². The van der Waals surface area contributed by atoms with Crippen molar-refractivity contribution in [1.82, 2.24) is 0 Å². The van der Waals surface area contributed by atoms with Crippen molar-refractivity contribution in [3.8, 4) is 0 Å². The molecule has 1 aromatic rings. The largest absolute Gasteiger partial charge is 0.469 e. The molecule has 0 saturated heterocycles. The molecule has 0 fully saturated rings. The van der Waals surface area contributed by atoms with E-state index in [1.165, 1.54) is 19.2 Å². The maximum Gasteiger partial charge on any atom is 0.305 e. The average Bonchev–Trinajstić information content (AvgIpc) is 2.32. The van der Waals surface area contributed by atoms with Crippen LogP contribution in [0.1, 0.15) is 29.6 Å². The van der Waals surface area contributed by atoms with Crippen molar-refractivity contribution < 1.29 is 18.7 Å². The second-order valence-corrected chi connectivity index (χ2v) is 3.89. The van der Waals surface area contributed by atoms with E-state index in [2.05, 4.69) is 4.74 Å². The number of Topliss-reactive ketones (excluding diaryl/α,β-unsaturated/α-hetero) is 1. The molecule has 0 aliphatic heterocycles. The van der Waals surface area contributed by atoms with E-state index in [9.17, 15) is 14.0 Å². The third kappa shape index (κ3) is 4.15. The van der Waals surface area contributed by atoms with E-state index in [1.54, 1.807) is 0 Å². The predicted octanol–water partition coefficient (Wildman–Crippen LogP) is 3.01. The van der Waals surface area contributed by atoms with Crippen molar-refractivity contribution in [3.63, 3.8) is 0 Å². The van der Waals surface area contributed by atoms with Crippen LogP contribution >= 0.6 is 11.6 Å². The molecule has 1 aromatic carbocycles. The van der Waals surface area contributed by atoms with Gasteiger partial charge in [-0.3, -0.25) is 9.59 Å². The minimum Gasteiger partial charge on any atom is -0.469 e. The number of rotatable bonds is 5. The van der Waals surface area contributed by atoms with Crippen LogP contribution in [0.4, 0.5) is 4.39 Å². The SMILES string of the molecule is COC(=O)CCCC(=O)c1ccc(Cl)c(F)c1. The Labute approximate surface area is 104 Å². The Hall–Kier alpha value is -1.42. The number of ketones is 1. The summed E-state index contributed by atoms with van der Waals surface area (Å²) in [6.07, 6.45) is 0.740. The fourth-order valence-electron chi connectivity index (χ4n) is 1.31. The Bertz CT molecular complexity index is 432. The zero-order chi connectivity index (χ0) is 12.8. The molecular formula is C12H12ClFO3. The minimum absolute atomic E-state index is 0.0175. The molecular weight excluding hydrogens is 247 g/mol. The number of esters is 1. The van der Waals surface area contributed by atoms with E-state index in [4.69, 9.17) is 11.6 Å². The van der Waals surface area contributed by atoms with E-state index >= 15 is 0 Å². The molecule has 0 aliphatic rings. The lowest BCUT2D eigenvalue weighted by atomic mass is 10.1. The molecule has 5 heteroatoms. The average molecular weight is 259 g/mol. The molecule has 0 aromatic heterocycles. The van der Waals surface area contributed by atoms with Gasteiger partial charge in [0.15, 0.2) is 5.78 Å². The number of carbonyl (C=O) groups is 2. The number of benzene rings is 1.